The molecule has 2 aliphatic rings. The van der Waals surface area contributed by atoms with Crippen molar-refractivity contribution in [2.24, 2.45) is 5.92 Å². The Morgan fingerprint density at radius 1 is 1.04 bits per heavy atom. The molecule has 2 aliphatic heterocycles. The molecule has 3 heterocycles. The highest BCUT2D eigenvalue weighted by molar-refractivity contribution is 5.80. The molecule has 0 aliphatic carbocycles. The minimum absolute atomic E-state index is 0.0636. The summed E-state index contributed by atoms with van der Waals surface area (Å²) in [4.78, 5) is 30.0. The van der Waals surface area contributed by atoms with Gasteiger partial charge >= 0.3 is 0 Å². The molecule has 2 fully saturated rings. The largest absolute Gasteiger partial charge is 0.352 e. The minimum Gasteiger partial charge on any atom is -0.352 e. The van der Waals surface area contributed by atoms with Crippen molar-refractivity contribution >= 4 is 17.6 Å². The molecule has 0 unspecified atom stereocenters. The molecule has 0 spiro atoms. The third-order valence-electron chi connectivity index (χ3n) is 4.76. The first-order valence-corrected chi connectivity index (χ1v) is 8.22. The highest BCUT2D eigenvalue weighted by Gasteiger charge is 2.31. The van der Waals surface area contributed by atoms with Gasteiger partial charge in [0.1, 0.15) is 0 Å². The topological polar surface area (TPSA) is 69.6 Å². The number of nitrogens with zero attached hydrogens (tertiary/aromatic N) is 5. The maximum Gasteiger partial charge on any atom is 0.225 e. The predicted molar refractivity (Wildman–Crippen MR) is 85.8 cm³/mol. The summed E-state index contributed by atoms with van der Waals surface area (Å²) >= 11 is 0. The van der Waals surface area contributed by atoms with E-state index >= 15 is 0 Å². The fourth-order valence-electron chi connectivity index (χ4n) is 3.32. The Labute approximate surface area is 136 Å². The van der Waals surface area contributed by atoms with Crippen molar-refractivity contribution in [2.75, 3.05) is 44.2 Å². The Balaban J connectivity index is 1.50. The third kappa shape index (κ3) is 3.60. The van der Waals surface area contributed by atoms with Crippen LogP contribution in [0, 0.1) is 5.92 Å². The number of amides is 2. The van der Waals surface area contributed by atoms with Gasteiger partial charge in [-0.3, -0.25) is 9.59 Å². The van der Waals surface area contributed by atoms with Crippen molar-refractivity contribution in [2.45, 2.75) is 19.8 Å². The van der Waals surface area contributed by atoms with E-state index in [1.807, 2.05) is 21.9 Å². The predicted octanol–water partition coefficient (Wildman–Crippen LogP) is 0.384. The number of hydrogen-bond donors (Lipinski definition) is 0. The van der Waals surface area contributed by atoms with Gasteiger partial charge in [-0.2, -0.15) is 5.10 Å². The lowest BCUT2D eigenvalue weighted by molar-refractivity contribution is -0.140. The Kier molecular flexibility index (Phi) is 4.73. The van der Waals surface area contributed by atoms with Crippen LogP contribution in [-0.2, 0) is 9.59 Å². The number of likely N-dealkylation sites (tertiary alicyclic amines) is 1. The van der Waals surface area contributed by atoms with Crippen LogP contribution in [0.3, 0.4) is 0 Å². The van der Waals surface area contributed by atoms with E-state index in [0.29, 0.717) is 13.1 Å². The molecule has 0 bridgehead atoms. The van der Waals surface area contributed by atoms with Gasteiger partial charge in [0.25, 0.3) is 0 Å². The van der Waals surface area contributed by atoms with Crippen LogP contribution >= 0.6 is 0 Å². The Morgan fingerprint density at radius 2 is 1.74 bits per heavy atom. The summed E-state index contributed by atoms with van der Waals surface area (Å²) in [6.07, 6.45) is 3.22. The van der Waals surface area contributed by atoms with Crippen molar-refractivity contribution in [3.63, 3.8) is 0 Å². The third-order valence-corrected chi connectivity index (χ3v) is 4.76. The van der Waals surface area contributed by atoms with Gasteiger partial charge in [0, 0.05) is 58.3 Å². The lowest BCUT2D eigenvalue weighted by Gasteiger charge is -2.38. The molecule has 0 aromatic carbocycles. The van der Waals surface area contributed by atoms with Crippen LogP contribution in [0.25, 0.3) is 0 Å². The van der Waals surface area contributed by atoms with Gasteiger partial charge < -0.3 is 14.7 Å². The number of aromatic nitrogens is 2. The maximum absolute atomic E-state index is 12.6. The zero-order valence-corrected chi connectivity index (χ0v) is 13.5. The van der Waals surface area contributed by atoms with E-state index in [1.54, 1.807) is 13.1 Å². The van der Waals surface area contributed by atoms with E-state index in [2.05, 4.69) is 15.1 Å². The molecule has 7 heteroatoms. The fourth-order valence-corrected chi connectivity index (χ4v) is 3.32. The number of carbonyl (C=O) groups excluding carboxylic acids is 2. The smallest absolute Gasteiger partial charge is 0.225 e. The molecule has 0 N–H and O–H groups in total. The molecule has 124 valence electrons. The highest BCUT2D eigenvalue weighted by atomic mass is 16.2. The van der Waals surface area contributed by atoms with Crippen LogP contribution in [0.1, 0.15) is 19.8 Å². The van der Waals surface area contributed by atoms with E-state index in [4.69, 9.17) is 0 Å². The van der Waals surface area contributed by atoms with Crippen molar-refractivity contribution < 1.29 is 9.59 Å². The van der Waals surface area contributed by atoms with Crippen LogP contribution in [0.4, 0.5) is 5.82 Å². The molecule has 0 atom stereocenters. The summed E-state index contributed by atoms with van der Waals surface area (Å²) in [6.45, 7) is 6.02. The standard InChI is InChI=1S/C16H23N5O2/c1-13(22)19-7-4-14(5-8-19)16(23)21-11-9-20(10-12-21)15-3-2-6-17-18-15/h2-3,6,14H,4-5,7-12H2,1H3. The van der Waals surface area contributed by atoms with Crippen LogP contribution in [0.5, 0.6) is 0 Å². The number of piperidine rings is 1. The second-order valence-corrected chi connectivity index (χ2v) is 6.17. The molecular formula is C16H23N5O2. The molecule has 2 saturated heterocycles. The SMILES string of the molecule is CC(=O)N1CCC(C(=O)N2CCN(c3cccnn3)CC2)CC1. The summed E-state index contributed by atoms with van der Waals surface area (Å²) < 4.78 is 0. The first-order valence-electron chi connectivity index (χ1n) is 8.22. The van der Waals surface area contributed by atoms with Gasteiger partial charge in [0.05, 0.1) is 0 Å². The monoisotopic (exact) mass is 317 g/mol. The van der Waals surface area contributed by atoms with E-state index in [0.717, 1.165) is 44.8 Å². The van der Waals surface area contributed by atoms with Gasteiger partial charge in [-0.25, -0.2) is 0 Å². The summed E-state index contributed by atoms with van der Waals surface area (Å²) in [5.41, 5.74) is 0. The molecule has 1 aromatic heterocycles. The molecule has 0 radical (unpaired) electrons. The van der Waals surface area contributed by atoms with Crippen molar-refractivity contribution in [1.29, 1.82) is 0 Å². The van der Waals surface area contributed by atoms with Gasteiger partial charge in [0.2, 0.25) is 11.8 Å². The van der Waals surface area contributed by atoms with Crippen molar-refractivity contribution in [1.82, 2.24) is 20.0 Å². The lowest BCUT2D eigenvalue weighted by atomic mass is 9.95. The zero-order valence-electron chi connectivity index (χ0n) is 13.5. The summed E-state index contributed by atoms with van der Waals surface area (Å²) in [5.74, 6) is 1.28. The average Bonchev–Trinajstić information content (AvgIpc) is 2.62. The first kappa shape index (κ1) is 15.7. The Hall–Kier alpha value is -2.18. The van der Waals surface area contributed by atoms with E-state index in [9.17, 15) is 9.59 Å². The molecular weight excluding hydrogens is 294 g/mol. The van der Waals surface area contributed by atoms with Crippen LogP contribution in [0.2, 0.25) is 0 Å². The lowest BCUT2D eigenvalue weighted by Crippen LogP contribution is -2.52. The van der Waals surface area contributed by atoms with Crippen LogP contribution in [0.15, 0.2) is 18.3 Å². The quantitative estimate of drug-likeness (QED) is 0.789. The Bertz CT molecular complexity index is 549. The second-order valence-electron chi connectivity index (χ2n) is 6.17. The van der Waals surface area contributed by atoms with Crippen molar-refractivity contribution in [3.05, 3.63) is 18.3 Å². The second kappa shape index (κ2) is 6.93. The molecule has 23 heavy (non-hydrogen) atoms. The van der Waals surface area contributed by atoms with Crippen molar-refractivity contribution in [3.8, 4) is 0 Å². The van der Waals surface area contributed by atoms with Gasteiger partial charge in [-0.15, -0.1) is 5.10 Å². The summed E-state index contributed by atoms with van der Waals surface area (Å²) in [6, 6.07) is 3.82. The highest BCUT2D eigenvalue weighted by Crippen LogP contribution is 2.21. The van der Waals surface area contributed by atoms with E-state index in [-0.39, 0.29) is 17.7 Å². The molecule has 3 rings (SSSR count). The average molecular weight is 317 g/mol. The van der Waals surface area contributed by atoms with Gasteiger partial charge in [-0.1, -0.05) is 0 Å². The fraction of sp³-hybridized carbons (Fsp3) is 0.625. The molecule has 7 nitrogen and oxygen atoms in total. The minimum atomic E-state index is 0.0636. The molecule has 0 saturated carbocycles. The molecule has 1 aromatic rings. The van der Waals surface area contributed by atoms with Gasteiger partial charge in [0.15, 0.2) is 5.82 Å². The Morgan fingerprint density at radius 3 is 2.30 bits per heavy atom. The van der Waals surface area contributed by atoms with Crippen LogP contribution in [-0.4, -0.2) is 71.1 Å². The number of piperazine rings is 1. The number of hydrogen-bond acceptors (Lipinski definition) is 5. The maximum atomic E-state index is 12.6. The number of anilines is 1. The molecule has 2 amide bonds. The zero-order chi connectivity index (χ0) is 16.2. The number of rotatable bonds is 2. The van der Waals surface area contributed by atoms with Gasteiger partial charge in [-0.05, 0) is 25.0 Å². The van der Waals surface area contributed by atoms with E-state index < -0.39 is 0 Å². The summed E-state index contributed by atoms with van der Waals surface area (Å²) in [7, 11) is 0. The normalized spacial score (nSPS) is 19.8. The van der Waals surface area contributed by atoms with Crippen LogP contribution < -0.4 is 4.90 Å². The van der Waals surface area contributed by atoms with E-state index in [1.165, 1.54) is 0 Å². The first-order chi connectivity index (χ1) is 11.1. The summed E-state index contributed by atoms with van der Waals surface area (Å²) in [5, 5.41) is 8.03. The number of carbonyl (C=O) groups is 2.